The molecular formula is C20H21F3N4O3S. The largest absolute Gasteiger partial charge is 0.446 e. The highest BCUT2D eigenvalue weighted by atomic mass is 32.2. The van der Waals surface area contributed by atoms with Crippen molar-refractivity contribution in [1.82, 2.24) is 9.88 Å². The zero-order chi connectivity index (χ0) is 23.2. The van der Waals surface area contributed by atoms with Gasteiger partial charge in [-0.25, -0.2) is 4.98 Å². The van der Waals surface area contributed by atoms with Crippen LogP contribution in [0.5, 0.6) is 0 Å². The molecule has 0 aliphatic heterocycles. The number of carbonyl (C=O) groups excluding carboxylic acids is 3. The maximum atomic E-state index is 13.1. The molecule has 0 radical (unpaired) electrons. The number of pyridine rings is 1. The summed E-state index contributed by atoms with van der Waals surface area (Å²) in [6.07, 6.45) is 2.48. The molecule has 11 heteroatoms. The molecular weight excluding hydrogens is 433 g/mol. The molecule has 1 N–H and O–H groups in total. The first kappa shape index (κ1) is 24.2. The Morgan fingerprint density at radius 1 is 1.16 bits per heavy atom. The molecule has 0 aliphatic rings. The number of rotatable bonds is 9. The highest BCUT2D eigenvalue weighted by molar-refractivity contribution is 8.00. The molecule has 2 rings (SSSR count). The fourth-order valence-corrected chi connectivity index (χ4v) is 3.34. The number of hydrogen-bond acceptors (Lipinski definition) is 5. The van der Waals surface area contributed by atoms with E-state index in [0.717, 1.165) is 0 Å². The van der Waals surface area contributed by atoms with Crippen molar-refractivity contribution in [3.05, 3.63) is 48.2 Å². The number of anilines is 2. The van der Waals surface area contributed by atoms with Gasteiger partial charge in [-0.3, -0.25) is 14.4 Å². The van der Waals surface area contributed by atoms with Gasteiger partial charge in [0.2, 0.25) is 12.8 Å². The van der Waals surface area contributed by atoms with E-state index in [9.17, 15) is 27.6 Å². The molecule has 0 aliphatic carbocycles. The lowest BCUT2D eigenvalue weighted by Gasteiger charge is -2.37. The normalized spacial score (nSPS) is 11.5. The summed E-state index contributed by atoms with van der Waals surface area (Å²) in [5.74, 6) is -0.132. The van der Waals surface area contributed by atoms with Crippen LogP contribution in [0.1, 0.15) is 19.4 Å². The van der Waals surface area contributed by atoms with Crippen molar-refractivity contribution < 1.29 is 27.6 Å². The number of aromatic nitrogens is 1. The number of hydrogen-bond donors (Lipinski definition) is 1. The van der Waals surface area contributed by atoms with E-state index >= 15 is 0 Å². The minimum Gasteiger partial charge on any atom is -0.327 e. The molecule has 1 aromatic heterocycles. The van der Waals surface area contributed by atoms with Gasteiger partial charge in [0.1, 0.15) is 11.4 Å². The number of amides is 3. The number of benzene rings is 1. The maximum Gasteiger partial charge on any atom is 0.446 e. The van der Waals surface area contributed by atoms with Gasteiger partial charge in [-0.1, -0.05) is 0 Å². The zero-order valence-electron chi connectivity index (χ0n) is 17.0. The van der Waals surface area contributed by atoms with Crippen LogP contribution in [0.4, 0.5) is 24.7 Å². The predicted molar refractivity (Wildman–Crippen MR) is 111 cm³/mol. The fourth-order valence-electron chi connectivity index (χ4n) is 2.80. The van der Waals surface area contributed by atoms with E-state index in [2.05, 4.69) is 10.3 Å². The lowest BCUT2D eigenvalue weighted by Crippen LogP contribution is -2.54. The quantitative estimate of drug-likeness (QED) is 0.462. The first-order chi connectivity index (χ1) is 14.5. The number of nitrogens with zero attached hydrogens (tertiary/aromatic N) is 3. The summed E-state index contributed by atoms with van der Waals surface area (Å²) in [5.41, 5.74) is -4.64. The average Bonchev–Trinajstić information content (AvgIpc) is 2.70. The topological polar surface area (TPSA) is 82.6 Å². The lowest BCUT2D eigenvalue weighted by atomic mass is 10.00. The van der Waals surface area contributed by atoms with Crippen LogP contribution < -0.4 is 10.2 Å². The van der Waals surface area contributed by atoms with Gasteiger partial charge in [0.05, 0.1) is 0 Å². The van der Waals surface area contributed by atoms with Crippen LogP contribution in [0, 0.1) is 0 Å². The Labute approximate surface area is 181 Å². The SMILES string of the molecule is CN(C(=O)C(C)(C)N(C=O)Cc1ccnc(NC=O)c1)c1ccc(SC(F)(F)F)cc1. The highest BCUT2D eigenvalue weighted by Crippen LogP contribution is 2.37. The summed E-state index contributed by atoms with van der Waals surface area (Å²) in [5, 5.41) is 2.41. The van der Waals surface area contributed by atoms with Gasteiger partial charge in [-0.2, -0.15) is 13.2 Å². The Morgan fingerprint density at radius 3 is 2.35 bits per heavy atom. The molecule has 0 unspecified atom stereocenters. The Bertz CT molecular complexity index is 936. The molecule has 2 aromatic rings. The summed E-state index contributed by atoms with van der Waals surface area (Å²) in [7, 11) is 1.48. The molecule has 0 saturated carbocycles. The summed E-state index contributed by atoms with van der Waals surface area (Å²) in [6, 6.07) is 8.60. The van der Waals surface area contributed by atoms with Gasteiger partial charge in [0.15, 0.2) is 0 Å². The number of nitrogens with one attached hydrogen (secondary N) is 1. The van der Waals surface area contributed by atoms with Crippen molar-refractivity contribution in [2.24, 2.45) is 0 Å². The first-order valence-electron chi connectivity index (χ1n) is 8.99. The molecule has 0 saturated heterocycles. The second-order valence-corrected chi connectivity index (χ2v) is 8.15. The number of carbonyl (C=O) groups is 3. The van der Waals surface area contributed by atoms with E-state index in [0.29, 0.717) is 29.9 Å². The van der Waals surface area contributed by atoms with E-state index in [1.165, 1.54) is 47.3 Å². The average molecular weight is 454 g/mol. The Balaban J connectivity index is 2.18. The fraction of sp³-hybridized carbons (Fsp3) is 0.300. The summed E-state index contributed by atoms with van der Waals surface area (Å²) >= 11 is -0.241. The summed E-state index contributed by atoms with van der Waals surface area (Å²) in [6.45, 7) is 3.22. The van der Waals surface area contributed by atoms with Crippen LogP contribution in [0.25, 0.3) is 0 Å². The van der Waals surface area contributed by atoms with Gasteiger partial charge in [-0.15, -0.1) is 0 Å². The predicted octanol–water partition coefficient (Wildman–Crippen LogP) is 3.66. The highest BCUT2D eigenvalue weighted by Gasteiger charge is 2.37. The van der Waals surface area contributed by atoms with Gasteiger partial charge >= 0.3 is 5.51 Å². The third kappa shape index (κ3) is 6.45. The molecule has 3 amide bonds. The molecule has 0 fully saturated rings. The van der Waals surface area contributed by atoms with Crippen LogP contribution in [0.2, 0.25) is 0 Å². The second-order valence-electron chi connectivity index (χ2n) is 7.01. The van der Waals surface area contributed by atoms with Crippen molar-refractivity contribution in [3.8, 4) is 0 Å². The summed E-state index contributed by atoms with van der Waals surface area (Å²) < 4.78 is 37.5. The van der Waals surface area contributed by atoms with Crippen LogP contribution in [0.3, 0.4) is 0 Å². The van der Waals surface area contributed by atoms with E-state index < -0.39 is 17.0 Å². The summed E-state index contributed by atoms with van der Waals surface area (Å²) in [4.78, 5) is 42.0. The molecule has 1 heterocycles. The van der Waals surface area contributed by atoms with Gasteiger partial charge in [-0.05, 0) is 67.6 Å². The van der Waals surface area contributed by atoms with Crippen molar-refractivity contribution in [1.29, 1.82) is 0 Å². The molecule has 1 aromatic carbocycles. The van der Waals surface area contributed by atoms with Gasteiger partial charge in [0, 0.05) is 30.4 Å². The monoisotopic (exact) mass is 454 g/mol. The minimum absolute atomic E-state index is 0.00306. The molecule has 31 heavy (non-hydrogen) atoms. The minimum atomic E-state index is -4.40. The van der Waals surface area contributed by atoms with Crippen molar-refractivity contribution in [2.75, 3.05) is 17.3 Å². The second kappa shape index (κ2) is 9.82. The van der Waals surface area contributed by atoms with Gasteiger partial charge < -0.3 is 15.1 Å². The Hall–Kier alpha value is -3.08. The standard InChI is InChI=1S/C20H21F3N4O3S/c1-19(2,27(13-29)11-14-8-9-24-17(10-14)25-12-28)18(30)26(3)15-4-6-16(7-5-15)31-20(21,22)23/h4-10,12-13H,11H2,1-3H3,(H,24,25,28). The van der Waals surface area contributed by atoms with Crippen LogP contribution in [0.15, 0.2) is 47.5 Å². The third-order valence-corrected chi connectivity index (χ3v) is 5.25. The van der Waals surface area contributed by atoms with Crippen molar-refractivity contribution >= 4 is 42.0 Å². The smallest absolute Gasteiger partial charge is 0.327 e. The lowest BCUT2D eigenvalue weighted by molar-refractivity contribution is -0.137. The van der Waals surface area contributed by atoms with Crippen LogP contribution in [-0.4, -0.2) is 46.7 Å². The van der Waals surface area contributed by atoms with Crippen molar-refractivity contribution in [3.63, 3.8) is 0 Å². The number of thioether (sulfide) groups is 1. The third-order valence-electron chi connectivity index (χ3n) is 4.51. The molecule has 0 spiro atoms. The zero-order valence-corrected chi connectivity index (χ0v) is 17.8. The molecule has 166 valence electrons. The molecule has 7 nitrogen and oxygen atoms in total. The van der Waals surface area contributed by atoms with Gasteiger partial charge in [0.25, 0.3) is 5.91 Å². The van der Waals surface area contributed by atoms with Crippen molar-refractivity contribution in [2.45, 2.75) is 36.3 Å². The Kier molecular flexibility index (Phi) is 7.66. The molecule has 0 atom stereocenters. The molecule has 0 bridgehead atoms. The van der Waals surface area contributed by atoms with E-state index in [4.69, 9.17) is 0 Å². The number of likely N-dealkylation sites (N-methyl/N-ethyl adjacent to an activating group) is 1. The number of halogens is 3. The van der Waals surface area contributed by atoms with E-state index in [1.54, 1.807) is 26.0 Å². The first-order valence-corrected chi connectivity index (χ1v) is 9.80. The van der Waals surface area contributed by atoms with Crippen LogP contribution >= 0.6 is 11.8 Å². The number of alkyl halides is 3. The van der Waals surface area contributed by atoms with E-state index in [-0.39, 0.29) is 23.2 Å². The maximum absolute atomic E-state index is 13.1. The van der Waals surface area contributed by atoms with E-state index in [1.807, 2.05) is 0 Å². The van der Waals surface area contributed by atoms with Crippen LogP contribution in [-0.2, 0) is 20.9 Å². The Morgan fingerprint density at radius 2 is 1.81 bits per heavy atom.